The van der Waals surface area contributed by atoms with E-state index < -0.39 is 0 Å². The van der Waals surface area contributed by atoms with Crippen LogP contribution in [-0.4, -0.2) is 9.97 Å². The third kappa shape index (κ3) is 2.10. The SMILES string of the molecule is Clc1ccc(-c2nc3c(c(C4CC4)n2)CNC3)cc1Cl. The van der Waals surface area contributed by atoms with E-state index in [-0.39, 0.29) is 0 Å². The Morgan fingerprint density at radius 3 is 2.65 bits per heavy atom. The molecule has 0 unspecified atom stereocenters. The van der Waals surface area contributed by atoms with E-state index in [0.29, 0.717) is 16.0 Å². The van der Waals surface area contributed by atoms with E-state index in [9.17, 15) is 0 Å². The molecule has 0 amide bonds. The highest BCUT2D eigenvalue weighted by Gasteiger charge is 2.31. The summed E-state index contributed by atoms with van der Waals surface area (Å²) in [5.74, 6) is 1.38. The fraction of sp³-hybridized carbons (Fsp3) is 0.333. The molecule has 1 aliphatic heterocycles. The lowest BCUT2D eigenvalue weighted by molar-refractivity contribution is 0.755. The van der Waals surface area contributed by atoms with Crippen LogP contribution in [0.1, 0.15) is 35.7 Å². The number of hydrogen-bond acceptors (Lipinski definition) is 3. The molecule has 0 radical (unpaired) electrons. The average molecular weight is 306 g/mol. The molecule has 2 aliphatic rings. The first-order valence-electron chi connectivity index (χ1n) is 6.78. The van der Waals surface area contributed by atoms with Gasteiger partial charge in [-0.3, -0.25) is 0 Å². The largest absolute Gasteiger partial charge is 0.307 e. The molecule has 4 rings (SSSR count). The quantitative estimate of drug-likeness (QED) is 0.913. The van der Waals surface area contributed by atoms with Gasteiger partial charge in [0.1, 0.15) is 0 Å². The lowest BCUT2D eigenvalue weighted by Crippen LogP contribution is -2.02. The summed E-state index contributed by atoms with van der Waals surface area (Å²) < 4.78 is 0. The van der Waals surface area contributed by atoms with Crippen molar-refractivity contribution < 1.29 is 0 Å². The third-order valence-electron chi connectivity index (χ3n) is 3.86. The summed E-state index contributed by atoms with van der Waals surface area (Å²) in [6.45, 7) is 1.72. The predicted octanol–water partition coefficient (Wildman–Crippen LogP) is 3.93. The van der Waals surface area contributed by atoms with Crippen LogP contribution in [0.15, 0.2) is 18.2 Å². The van der Waals surface area contributed by atoms with E-state index in [1.807, 2.05) is 12.1 Å². The maximum atomic E-state index is 6.10. The normalized spacial score (nSPS) is 17.3. The van der Waals surface area contributed by atoms with Crippen LogP contribution < -0.4 is 5.32 Å². The zero-order chi connectivity index (χ0) is 13.7. The average Bonchev–Trinajstić information content (AvgIpc) is 3.18. The molecule has 1 aromatic carbocycles. The van der Waals surface area contributed by atoms with Crippen molar-refractivity contribution in [2.24, 2.45) is 0 Å². The molecule has 0 spiro atoms. The highest BCUT2D eigenvalue weighted by Crippen LogP contribution is 2.42. The topological polar surface area (TPSA) is 37.8 Å². The molecule has 5 heteroatoms. The molecule has 1 fully saturated rings. The minimum atomic E-state index is 0.541. The Bertz CT molecular complexity index is 696. The first kappa shape index (κ1) is 12.6. The van der Waals surface area contributed by atoms with E-state index in [0.717, 1.165) is 30.2 Å². The highest BCUT2D eigenvalue weighted by atomic mass is 35.5. The minimum Gasteiger partial charge on any atom is -0.307 e. The summed E-state index contributed by atoms with van der Waals surface area (Å²) in [5.41, 5.74) is 4.58. The number of rotatable bonds is 2. The zero-order valence-electron chi connectivity index (χ0n) is 10.8. The van der Waals surface area contributed by atoms with Crippen molar-refractivity contribution in [2.45, 2.75) is 31.8 Å². The molecule has 1 aliphatic carbocycles. The van der Waals surface area contributed by atoms with Gasteiger partial charge in [-0.25, -0.2) is 9.97 Å². The van der Waals surface area contributed by atoms with Gasteiger partial charge in [-0.2, -0.15) is 0 Å². The molecular weight excluding hydrogens is 293 g/mol. The van der Waals surface area contributed by atoms with Crippen LogP contribution in [0.4, 0.5) is 0 Å². The second-order valence-corrected chi connectivity index (χ2v) is 6.18. The summed E-state index contributed by atoms with van der Waals surface area (Å²) in [6.07, 6.45) is 2.48. The van der Waals surface area contributed by atoms with Crippen LogP contribution in [0.2, 0.25) is 10.0 Å². The van der Waals surface area contributed by atoms with Gasteiger partial charge in [0, 0.05) is 30.1 Å². The molecule has 20 heavy (non-hydrogen) atoms. The van der Waals surface area contributed by atoms with E-state index >= 15 is 0 Å². The van der Waals surface area contributed by atoms with Crippen LogP contribution in [0.5, 0.6) is 0 Å². The summed E-state index contributed by atoms with van der Waals surface area (Å²) in [7, 11) is 0. The Morgan fingerprint density at radius 2 is 1.90 bits per heavy atom. The number of nitrogens with one attached hydrogen (secondary N) is 1. The number of fused-ring (bicyclic) bond motifs is 1. The Morgan fingerprint density at radius 1 is 1.05 bits per heavy atom. The van der Waals surface area contributed by atoms with Crippen molar-refractivity contribution in [1.29, 1.82) is 0 Å². The number of halogens is 2. The van der Waals surface area contributed by atoms with Gasteiger partial charge >= 0.3 is 0 Å². The molecular formula is C15H13Cl2N3. The summed E-state index contributed by atoms with van der Waals surface area (Å²) in [4.78, 5) is 9.48. The molecule has 3 nitrogen and oxygen atoms in total. The van der Waals surface area contributed by atoms with Crippen molar-refractivity contribution in [2.75, 3.05) is 0 Å². The van der Waals surface area contributed by atoms with Crippen molar-refractivity contribution >= 4 is 23.2 Å². The van der Waals surface area contributed by atoms with E-state index in [1.54, 1.807) is 6.07 Å². The van der Waals surface area contributed by atoms with E-state index in [4.69, 9.17) is 28.2 Å². The number of benzene rings is 1. The van der Waals surface area contributed by atoms with Gasteiger partial charge in [0.2, 0.25) is 0 Å². The lowest BCUT2D eigenvalue weighted by Gasteiger charge is -2.09. The molecule has 102 valence electrons. The maximum absolute atomic E-state index is 6.10. The van der Waals surface area contributed by atoms with Crippen LogP contribution in [0.3, 0.4) is 0 Å². The van der Waals surface area contributed by atoms with Gasteiger partial charge in [0.25, 0.3) is 0 Å². The molecule has 2 heterocycles. The van der Waals surface area contributed by atoms with Crippen LogP contribution >= 0.6 is 23.2 Å². The zero-order valence-corrected chi connectivity index (χ0v) is 12.3. The lowest BCUT2D eigenvalue weighted by atomic mass is 10.1. The first-order chi connectivity index (χ1) is 9.72. The van der Waals surface area contributed by atoms with Gasteiger partial charge in [0.15, 0.2) is 5.82 Å². The second-order valence-electron chi connectivity index (χ2n) is 5.36. The van der Waals surface area contributed by atoms with Gasteiger partial charge in [-0.05, 0) is 31.0 Å². The Hall–Kier alpha value is -1.16. The van der Waals surface area contributed by atoms with Gasteiger partial charge in [-0.15, -0.1) is 0 Å². The summed E-state index contributed by atoms with van der Waals surface area (Å²) in [6, 6.07) is 5.56. The Balaban J connectivity index is 1.85. The number of nitrogens with zero attached hydrogens (tertiary/aromatic N) is 2. The predicted molar refractivity (Wildman–Crippen MR) is 80.0 cm³/mol. The van der Waals surface area contributed by atoms with Crippen LogP contribution in [-0.2, 0) is 13.1 Å². The number of hydrogen-bond donors (Lipinski definition) is 1. The van der Waals surface area contributed by atoms with Gasteiger partial charge in [0.05, 0.1) is 21.4 Å². The molecule has 0 saturated heterocycles. The summed E-state index contributed by atoms with van der Waals surface area (Å²) >= 11 is 12.1. The Kier molecular flexibility index (Phi) is 2.95. The first-order valence-corrected chi connectivity index (χ1v) is 7.54. The third-order valence-corrected chi connectivity index (χ3v) is 4.60. The summed E-state index contributed by atoms with van der Waals surface area (Å²) in [5, 5.41) is 4.46. The monoisotopic (exact) mass is 305 g/mol. The smallest absolute Gasteiger partial charge is 0.159 e. The van der Waals surface area contributed by atoms with Crippen LogP contribution in [0.25, 0.3) is 11.4 Å². The van der Waals surface area contributed by atoms with Crippen molar-refractivity contribution in [3.8, 4) is 11.4 Å². The molecule has 0 bridgehead atoms. The fourth-order valence-electron chi connectivity index (χ4n) is 2.65. The standard InChI is InChI=1S/C15H13Cl2N3/c16-11-4-3-9(5-12(11)17)15-19-13-7-18-6-10(13)14(20-15)8-1-2-8/h3-5,8,18H,1-2,6-7H2. The maximum Gasteiger partial charge on any atom is 0.159 e. The fourth-order valence-corrected chi connectivity index (χ4v) is 2.95. The second kappa shape index (κ2) is 4.69. The molecule has 1 saturated carbocycles. The van der Waals surface area contributed by atoms with Crippen LogP contribution in [0, 0.1) is 0 Å². The number of aromatic nitrogens is 2. The molecule has 2 aromatic rings. The highest BCUT2D eigenvalue weighted by molar-refractivity contribution is 6.42. The van der Waals surface area contributed by atoms with Crippen molar-refractivity contribution in [1.82, 2.24) is 15.3 Å². The molecule has 1 N–H and O–H groups in total. The van der Waals surface area contributed by atoms with Crippen molar-refractivity contribution in [3.05, 3.63) is 45.2 Å². The van der Waals surface area contributed by atoms with E-state index in [2.05, 4.69) is 10.3 Å². The minimum absolute atomic E-state index is 0.541. The molecule has 0 atom stereocenters. The Labute approximate surface area is 127 Å². The van der Waals surface area contributed by atoms with Gasteiger partial charge < -0.3 is 5.32 Å². The molecule has 1 aromatic heterocycles. The van der Waals surface area contributed by atoms with E-state index in [1.165, 1.54) is 24.1 Å². The van der Waals surface area contributed by atoms with Gasteiger partial charge in [-0.1, -0.05) is 23.2 Å². The van der Waals surface area contributed by atoms with Crippen molar-refractivity contribution in [3.63, 3.8) is 0 Å².